The molecule has 1 aromatic rings. The van der Waals surface area contributed by atoms with Crippen molar-refractivity contribution in [2.75, 3.05) is 0 Å². The van der Waals surface area contributed by atoms with Gasteiger partial charge in [-0.2, -0.15) is 0 Å². The van der Waals surface area contributed by atoms with Crippen LogP contribution in [0, 0.1) is 16.7 Å². The van der Waals surface area contributed by atoms with Crippen molar-refractivity contribution < 1.29 is 17.6 Å². The molecule has 0 saturated carbocycles. The van der Waals surface area contributed by atoms with E-state index >= 15 is 0 Å². The summed E-state index contributed by atoms with van der Waals surface area (Å²) in [6, 6.07) is 8.57. The molecule has 4 atom stereocenters. The second kappa shape index (κ2) is 8.72. The van der Waals surface area contributed by atoms with Gasteiger partial charge in [-0.3, -0.25) is 4.79 Å². The van der Waals surface area contributed by atoms with Gasteiger partial charge in [0.25, 0.3) is 0 Å². The lowest BCUT2D eigenvalue weighted by Crippen LogP contribution is -2.52. The molecule has 6 heteroatoms. The van der Waals surface area contributed by atoms with Crippen molar-refractivity contribution in [1.82, 2.24) is 0 Å². The third-order valence-electron chi connectivity index (χ3n) is 8.15. The molecule has 0 N–H and O–H groups in total. The zero-order chi connectivity index (χ0) is 25.7. The van der Waals surface area contributed by atoms with Crippen molar-refractivity contribution in [3.63, 3.8) is 0 Å². The predicted octanol–water partition coefficient (Wildman–Crippen LogP) is 6.52. The third kappa shape index (κ3) is 4.82. The zero-order valence-electron chi connectivity index (χ0n) is 21.9. The fourth-order valence-corrected chi connectivity index (χ4v) is 8.59. The minimum absolute atomic E-state index is 0.0205. The predicted molar refractivity (Wildman–Crippen MR) is 142 cm³/mol. The topological polar surface area (TPSA) is 60.4 Å². The number of sulfone groups is 1. The van der Waals surface area contributed by atoms with E-state index in [4.69, 9.17) is 4.43 Å². The second-order valence-corrected chi connectivity index (χ2v) is 19.2. The summed E-state index contributed by atoms with van der Waals surface area (Å²) in [6.07, 6.45) is 7.64. The molecule has 0 heterocycles. The normalized spacial score (nSPS) is 29.9. The van der Waals surface area contributed by atoms with Gasteiger partial charge in [-0.05, 0) is 53.7 Å². The molecule has 0 unspecified atom stereocenters. The number of fused-ring (bicyclic) bond motifs is 1. The Balaban J connectivity index is 2.21. The van der Waals surface area contributed by atoms with E-state index in [2.05, 4.69) is 66.4 Å². The van der Waals surface area contributed by atoms with Crippen LogP contribution in [-0.2, 0) is 19.1 Å². The van der Waals surface area contributed by atoms with Gasteiger partial charge >= 0.3 is 0 Å². The lowest BCUT2D eigenvalue weighted by atomic mass is 9.63. The average Bonchev–Trinajstić information content (AvgIpc) is 2.72. The summed E-state index contributed by atoms with van der Waals surface area (Å²) in [7, 11) is -5.89. The number of hydrogen-bond donors (Lipinski definition) is 0. The van der Waals surface area contributed by atoms with Crippen LogP contribution in [0.3, 0.4) is 0 Å². The van der Waals surface area contributed by atoms with Crippen LogP contribution < -0.4 is 0 Å². The monoisotopic (exact) mass is 500 g/mol. The Hall–Kier alpha value is -1.76. The summed E-state index contributed by atoms with van der Waals surface area (Å²) in [5.74, 6) is -0.754. The molecule has 1 aromatic carbocycles. The van der Waals surface area contributed by atoms with E-state index in [0.717, 1.165) is 0 Å². The molecule has 2 aliphatic rings. The highest BCUT2D eigenvalue weighted by Crippen LogP contribution is 2.51. The largest absolute Gasteiger partial charge is 0.410 e. The van der Waals surface area contributed by atoms with E-state index in [1.54, 1.807) is 24.3 Å². The Bertz CT molecular complexity index is 1120. The lowest BCUT2D eigenvalue weighted by molar-refractivity contribution is -0.112. The quantitative estimate of drug-likeness (QED) is 0.268. The van der Waals surface area contributed by atoms with Crippen molar-refractivity contribution >= 4 is 23.9 Å². The molecule has 0 aromatic heterocycles. The third-order valence-corrected chi connectivity index (χ3v) is 14.8. The van der Waals surface area contributed by atoms with Gasteiger partial charge in [-0.15, -0.1) is 0 Å². The maximum Gasteiger partial charge on any atom is 0.192 e. The molecular formula is C28H40O4SSi. The minimum Gasteiger partial charge on any atom is -0.410 e. The Labute approximate surface area is 207 Å². The first kappa shape index (κ1) is 26.8. The molecule has 0 saturated heterocycles. The SMILES string of the molecule is C=C1C(=O)C=C[C@]2(C)C=C[C@@H](O[Si](C)(C)C(C)(C)C)C(C)(C)C[C@H](S(=O)(=O)c3ccccc3)[C@H]12. The summed E-state index contributed by atoms with van der Waals surface area (Å²) >= 11 is 0. The van der Waals surface area contributed by atoms with Crippen LogP contribution in [0.4, 0.5) is 0 Å². The fraction of sp³-hybridized carbons (Fsp3) is 0.536. The first-order valence-electron chi connectivity index (χ1n) is 12.0. The Kier molecular flexibility index (Phi) is 6.88. The molecule has 0 bridgehead atoms. The summed E-state index contributed by atoms with van der Waals surface area (Å²) in [5.41, 5.74) is -0.786. The van der Waals surface area contributed by atoms with Gasteiger partial charge in [0.2, 0.25) is 0 Å². The highest BCUT2D eigenvalue weighted by Gasteiger charge is 2.52. The summed E-state index contributed by atoms with van der Waals surface area (Å²) in [4.78, 5) is 13.0. The van der Waals surface area contributed by atoms with Gasteiger partial charge in [0.1, 0.15) is 0 Å². The smallest absolute Gasteiger partial charge is 0.192 e. The Morgan fingerprint density at radius 3 is 2.21 bits per heavy atom. The molecule has 2 aliphatic carbocycles. The van der Waals surface area contributed by atoms with E-state index in [1.807, 2.05) is 19.1 Å². The number of carbonyl (C=O) groups is 1. The molecule has 0 fully saturated rings. The van der Waals surface area contributed by atoms with E-state index < -0.39 is 40.2 Å². The molecule has 34 heavy (non-hydrogen) atoms. The number of ketones is 1. The van der Waals surface area contributed by atoms with Gasteiger partial charge in [-0.1, -0.05) is 84.5 Å². The van der Waals surface area contributed by atoms with Crippen molar-refractivity contribution in [2.24, 2.45) is 16.7 Å². The highest BCUT2D eigenvalue weighted by atomic mass is 32.2. The van der Waals surface area contributed by atoms with Crippen LogP contribution in [0.1, 0.15) is 48.0 Å². The van der Waals surface area contributed by atoms with Crippen molar-refractivity contribution in [3.8, 4) is 0 Å². The molecular weight excluding hydrogens is 460 g/mol. The van der Waals surface area contributed by atoms with Crippen LogP contribution in [0.15, 0.2) is 71.7 Å². The van der Waals surface area contributed by atoms with E-state index in [0.29, 0.717) is 12.0 Å². The Morgan fingerprint density at radius 2 is 1.65 bits per heavy atom. The summed E-state index contributed by atoms with van der Waals surface area (Å²) in [5, 5.41) is -0.793. The molecule has 0 radical (unpaired) electrons. The first-order valence-corrected chi connectivity index (χ1v) is 16.5. The summed E-state index contributed by atoms with van der Waals surface area (Å²) in [6.45, 7) is 21.3. The maximum absolute atomic E-state index is 14.1. The van der Waals surface area contributed by atoms with Gasteiger partial charge in [0.05, 0.1) is 16.2 Å². The number of rotatable bonds is 4. The number of benzene rings is 1. The minimum atomic E-state index is -3.76. The zero-order valence-corrected chi connectivity index (χ0v) is 23.7. The van der Waals surface area contributed by atoms with E-state index in [9.17, 15) is 13.2 Å². The van der Waals surface area contributed by atoms with E-state index in [-0.39, 0.29) is 21.8 Å². The van der Waals surface area contributed by atoms with E-state index in [1.165, 1.54) is 6.08 Å². The number of carbonyl (C=O) groups excluding carboxylic acids is 1. The molecule has 3 rings (SSSR count). The van der Waals surface area contributed by atoms with Crippen LogP contribution in [0.25, 0.3) is 0 Å². The Morgan fingerprint density at radius 1 is 1.06 bits per heavy atom. The summed E-state index contributed by atoms with van der Waals surface area (Å²) < 4.78 is 35.1. The molecule has 0 aliphatic heterocycles. The fourth-order valence-electron chi connectivity index (χ4n) is 4.85. The first-order chi connectivity index (χ1) is 15.4. The standard InChI is InChI=1S/C28H40O4SSi/c1-20-22(29)15-17-28(7)18-16-24(32-34(8,9)26(2,3)4)27(5,6)19-23(25(20)28)33(30,31)21-13-11-10-12-14-21/h10-18,23-25H,1,19H2,2-9H3/t23-,24+,25-,28+/m0/s1. The van der Waals surface area contributed by atoms with Crippen molar-refractivity contribution in [3.05, 3.63) is 66.8 Å². The molecule has 4 nitrogen and oxygen atoms in total. The van der Waals surface area contributed by atoms with Crippen LogP contribution in [-0.4, -0.2) is 33.9 Å². The van der Waals surface area contributed by atoms with Crippen LogP contribution in [0.2, 0.25) is 18.1 Å². The number of hydrogen-bond acceptors (Lipinski definition) is 4. The second-order valence-electron chi connectivity index (χ2n) is 12.3. The van der Waals surface area contributed by atoms with Crippen molar-refractivity contribution in [1.29, 1.82) is 0 Å². The van der Waals surface area contributed by atoms with Gasteiger partial charge in [-0.25, -0.2) is 8.42 Å². The van der Waals surface area contributed by atoms with Crippen LogP contribution in [0.5, 0.6) is 0 Å². The molecule has 0 amide bonds. The van der Waals surface area contributed by atoms with Crippen LogP contribution >= 0.6 is 0 Å². The average molecular weight is 501 g/mol. The van der Waals surface area contributed by atoms with Crippen molar-refractivity contribution in [2.45, 2.75) is 82.3 Å². The van der Waals surface area contributed by atoms with Gasteiger partial charge < -0.3 is 4.43 Å². The molecule has 186 valence electrons. The van der Waals surface area contributed by atoms with Gasteiger partial charge in [0.15, 0.2) is 23.9 Å². The number of allylic oxidation sites excluding steroid dienone is 4. The lowest BCUT2D eigenvalue weighted by Gasteiger charge is -2.49. The maximum atomic E-state index is 14.1. The van der Waals surface area contributed by atoms with Gasteiger partial charge in [0, 0.05) is 11.3 Å². The highest BCUT2D eigenvalue weighted by molar-refractivity contribution is 7.92. The molecule has 0 spiro atoms.